The third-order valence-corrected chi connectivity index (χ3v) is 6.70. The number of benzene rings is 3. The van der Waals surface area contributed by atoms with Gasteiger partial charge in [-0.25, -0.2) is 0 Å². The zero-order valence-corrected chi connectivity index (χ0v) is 20.8. The summed E-state index contributed by atoms with van der Waals surface area (Å²) in [5.74, 6) is 1.28. The number of rotatable bonds is 7. The molecule has 0 aliphatic carbocycles. The van der Waals surface area contributed by atoms with E-state index >= 15 is 0 Å². The molecule has 4 aromatic rings. The Hall–Kier alpha value is -3.58. The van der Waals surface area contributed by atoms with E-state index < -0.39 is 5.25 Å². The molecular formula is C27H28N4O2S. The Morgan fingerprint density at radius 2 is 1.62 bits per heavy atom. The average Bonchev–Trinajstić information content (AvgIpc) is 3.25. The van der Waals surface area contributed by atoms with Crippen LogP contribution in [0.5, 0.6) is 5.75 Å². The molecule has 1 N–H and O–H groups in total. The molecule has 3 aromatic carbocycles. The summed E-state index contributed by atoms with van der Waals surface area (Å²) in [5, 5.41) is 12.3. The van der Waals surface area contributed by atoms with Crippen LogP contribution in [0.3, 0.4) is 0 Å². The van der Waals surface area contributed by atoms with Gasteiger partial charge >= 0.3 is 0 Å². The van der Waals surface area contributed by atoms with Crippen molar-refractivity contribution < 1.29 is 9.53 Å². The Bertz CT molecular complexity index is 1290. The predicted octanol–water partition coefficient (Wildman–Crippen LogP) is 5.99. The van der Waals surface area contributed by atoms with Crippen molar-refractivity contribution in [2.24, 2.45) is 0 Å². The number of aryl methyl sites for hydroxylation is 3. The normalized spacial score (nSPS) is 11.8. The van der Waals surface area contributed by atoms with Gasteiger partial charge < -0.3 is 10.1 Å². The second-order valence-corrected chi connectivity index (χ2v) is 9.50. The lowest BCUT2D eigenvalue weighted by atomic mass is 10.1. The SMILES string of the molecule is COc1ccccc1-c1nnc(S[C@@H](C)C(=O)Nc2c(C)cccc2C)n1-c1ccc(C)cc1. The van der Waals surface area contributed by atoms with E-state index in [1.807, 2.05) is 99.0 Å². The molecule has 174 valence electrons. The van der Waals surface area contributed by atoms with Gasteiger partial charge in [0.15, 0.2) is 11.0 Å². The number of methoxy groups -OCH3 is 1. The number of aromatic nitrogens is 3. The van der Waals surface area contributed by atoms with Gasteiger partial charge in [0.05, 0.1) is 17.9 Å². The van der Waals surface area contributed by atoms with Crippen molar-refractivity contribution in [3.63, 3.8) is 0 Å². The van der Waals surface area contributed by atoms with Crippen LogP contribution in [0.1, 0.15) is 23.6 Å². The molecule has 0 aliphatic rings. The number of para-hydroxylation sites is 2. The summed E-state index contributed by atoms with van der Waals surface area (Å²) >= 11 is 1.37. The van der Waals surface area contributed by atoms with E-state index in [2.05, 4.69) is 15.5 Å². The van der Waals surface area contributed by atoms with Gasteiger partial charge in [0.1, 0.15) is 5.75 Å². The lowest BCUT2D eigenvalue weighted by molar-refractivity contribution is -0.115. The standard InChI is InChI=1S/C27H28N4O2S/c1-17-13-15-21(16-14-17)31-25(22-11-6-7-12-23(22)33-5)29-30-27(31)34-20(4)26(32)28-24-18(2)9-8-10-19(24)3/h6-16,20H,1-5H3,(H,28,32)/t20-/m0/s1. The molecule has 4 rings (SSSR count). The Morgan fingerprint density at radius 3 is 2.29 bits per heavy atom. The molecule has 1 amide bonds. The minimum atomic E-state index is -0.391. The fourth-order valence-electron chi connectivity index (χ4n) is 3.72. The van der Waals surface area contributed by atoms with E-state index in [0.717, 1.165) is 33.6 Å². The Labute approximate surface area is 204 Å². The second kappa shape index (κ2) is 10.1. The van der Waals surface area contributed by atoms with Crippen molar-refractivity contribution in [3.05, 3.63) is 83.4 Å². The van der Waals surface area contributed by atoms with Crippen LogP contribution in [0.4, 0.5) is 5.69 Å². The highest BCUT2D eigenvalue weighted by Crippen LogP contribution is 2.34. The van der Waals surface area contributed by atoms with Crippen molar-refractivity contribution in [1.82, 2.24) is 14.8 Å². The third-order valence-electron chi connectivity index (χ3n) is 5.65. The van der Waals surface area contributed by atoms with Crippen LogP contribution in [0.2, 0.25) is 0 Å². The number of nitrogens with one attached hydrogen (secondary N) is 1. The molecule has 1 aromatic heterocycles. The van der Waals surface area contributed by atoms with Gasteiger partial charge in [-0.2, -0.15) is 0 Å². The van der Waals surface area contributed by atoms with E-state index in [4.69, 9.17) is 4.74 Å². The van der Waals surface area contributed by atoms with Crippen LogP contribution in [-0.2, 0) is 4.79 Å². The number of thioether (sulfide) groups is 1. The van der Waals surface area contributed by atoms with Crippen molar-refractivity contribution in [2.75, 3.05) is 12.4 Å². The van der Waals surface area contributed by atoms with Gasteiger partial charge in [-0.05, 0) is 63.1 Å². The van der Waals surface area contributed by atoms with E-state index in [1.165, 1.54) is 11.8 Å². The molecule has 1 heterocycles. The minimum Gasteiger partial charge on any atom is -0.496 e. The topological polar surface area (TPSA) is 69.0 Å². The maximum atomic E-state index is 13.1. The van der Waals surface area contributed by atoms with Gasteiger partial charge in [-0.15, -0.1) is 10.2 Å². The molecule has 0 bridgehead atoms. The average molecular weight is 473 g/mol. The number of anilines is 1. The van der Waals surface area contributed by atoms with Crippen molar-refractivity contribution >= 4 is 23.4 Å². The highest BCUT2D eigenvalue weighted by molar-refractivity contribution is 8.00. The fourth-order valence-corrected chi connectivity index (χ4v) is 4.59. The van der Waals surface area contributed by atoms with E-state index in [-0.39, 0.29) is 5.91 Å². The quantitative estimate of drug-likeness (QED) is 0.335. The van der Waals surface area contributed by atoms with Gasteiger partial charge in [-0.1, -0.05) is 59.8 Å². The lowest BCUT2D eigenvalue weighted by Gasteiger charge is -2.16. The second-order valence-electron chi connectivity index (χ2n) is 8.19. The first kappa shape index (κ1) is 23.6. The van der Waals surface area contributed by atoms with E-state index in [0.29, 0.717) is 16.7 Å². The van der Waals surface area contributed by atoms with Gasteiger partial charge in [0, 0.05) is 11.4 Å². The smallest absolute Gasteiger partial charge is 0.237 e. The molecule has 0 saturated carbocycles. The number of hydrogen-bond donors (Lipinski definition) is 1. The molecule has 0 radical (unpaired) electrons. The molecule has 0 saturated heterocycles. The van der Waals surface area contributed by atoms with Crippen molar-refractivity contribution in [3.8, 4) is 22.8 Å². The van der Waals surface area contributed by atoms with Gasteiger partial charge in [-0.3, -0.25) is 9.36 Å². The monoisotopic (exact) mass is 472 g/mol. The van der Waals surface area contributed by atoms with Crippen LogP contribution >= 0.6 is 11.8 Å². The van der Waals surface area contributed by atoms with Crippen LogP contribution in [0.25, 0.3) is 17.1 Å². The van der Waals surface area contributed by atoms with Crippen LogP contribution in [-0.4, -0.2) is 33.0 Å². The molecule has 34 heavy (non-hydrogen) atoms. The Kier molecular flexibility index (Phi) is 7.03. The number of ether oxygens (including phenoxy) is 1. The molecule has 0 spiro atoms. The fraction of sp³-hybridized carbons (Fsp3) is 0.222. The first-order chi connectivity index (χ1) is 16.4. The van der Waals surface area contributed by atoms with Crippen LogP contribution in [0.15, 0.2) is 71.9 Å². The largest absolute Gasteiger partial charge is 0.496 e. The highest BCUT2D eigenvalue weighted by atomic mass is 32.2. The number of amides is 1. The number of hydrogen-bond acceptors (Lipinski definition) is 5. The molecule has 0 unspecified atom stereocenters. The van der Waals surface area contributed by atoms with Crippen molar-refractivity contribution in [1.29, 1.82) is 0 Å². The molecule has 6 nitrogen and oxygen atoms in total. The summed E-state index contributed by atoms with van der Waals surface area (Å²) in [4.78, 5) is 13.1. The number of carbonyl (C=O) groups excluding carboxylic acids is 1. The minimum absolute atomic E-state index is 0.0836. The molecular weight excluding hydrogens is 444 g/mol. The predicted molar refractivity (Wildman–Crippen MR) is 138 cm³/mol. The van der Waals surface area contributed by atoms with E-state index in [1.54, 1.807) is 7.11 Å². The first-order valence-electron chi connectivity index (χ1n) is 11.1. The molecule has 0 fully saturated rings. The zero-order valence-electron chi connectivity index (χ0n) is 20.0. The summed E-state index contributed by atoms with van der Waals surface area (Å²) in [7, 11) is 1.64. The summed E-state index contributed by atoms with van der Waals surface area (Å²) in [6.07, 6.45) is 0. The van der Waals surface area contributed by atoms with Gasteiger partial charge in [0.25, 0.3) is 0 Å². The number of nitrogens with zero attached hydrogens (tertiary/aromatic N) is 3. The zero-order chi connectivity index (χ0) is 24.2. The molecule has 1 atom stereocenters. The van der Waals surface area contributed by atoms with E-state index in [9.17, 15) is 4.79 Å². The summed E-state index contributed by atoms with van der Waals surface area (Å²) in [6.45, 7) is 7.92. The summed E-state index contributed by atoms with van der Waals surface area (Å²) in [5.41, 5.74) is 5.83. The Morgan fingerprint density at radius 1 is 0.941 bits per heavy atom. The third kappa shape index (κ3) is 4.84. The first-order valence-corrected chi connectivity index (χ1v) is 12.0. The van der Waals surface area contributed by atoms with Crippen LogP contribution in [0, 0.1) is 20.8 Å². The number of carbonyl (C=O) groups is 1. The molecule has 0 aliphatic heterocycles. The van der Waals surface area contributed by atoms with Crippen LogP contribution < -0.4 is 10.1 Å². The van der Waals surface area contributed by atoms with Gasteiger partial charge in [0.2, 0.25) is 5.91 Å². The summed E-state index contributed by atoms with van der Waals surface area (Å²) in [6, 6.07) is 21.9. The molecule has 7 heteroatoms. The van der Waals surface area contributed by atoms with Crippen molar-refractivity contribution in [2.45, 2.75) is 38.1 Å². The summed E-state index contributed by atoms with van der Waals surface area (Å²) < 4.78 is 7.55. The maximum absolute atomic E-state index is 13.1. The Balaban J connectivity index is 1.70. The maximum Gasteiger partial charge on any atom is 0.237 e. The lowest BCUT2D eigenvalue weighted by Crippen LogP contribution is -2.23. The highest BCUT2D eigenvalue weighted by Gasteiger charge is 2.23.